The molecule has 1 nitrogen and oxygen atoms in total. The van der Waals surface area contributed by atoms with Gasteiger partial charge < -0.3 is 4.74 Å². The zero-order chi connectivity index (χ0) is 9.80. The summed E-state index contributed by atoms with van der Waals surface area (Å²) >= 11 is 0. The van der Waals surface area contributed by atoms with Crippen molar-refractivity contribution in [2.75, 3.05) is 13.7 Å². The lowest BCUT2D eigenvalue weighted by Gasteiger charge is -2.08. The second kappa shape index (κ2) is 4.25. The predicted molar refractivity (Wildman–Crippen MR) is 59.0 cm³/mol. The van der Waals surface area contributed by atoms with Gasteiger partial charge in [-0.1, -0.05) is 42.5 Å². The summed E-state index contributed by atoms with van der Waals surface area (Å²) in [6.45, 7) is 0.692. The molecule has 14 heavy (non-hydrogen) atoms. The van der Waals surface area contributed by atoms with Gasteiger partial charge in [0.1, 0.15) is 0 Å². The lowest BCUT2D eigenvalue weighted by molar-refractivity contribution is 0.227. The summed E-state index contributed by atoms with van der Waals surface area (Å²) in [6, 6.07) is 0. The van der Waals surface area contributed by atoms with Crippen LogP contribution < -0.4 is 0 Å². The van der Waals surface area contributed by atoms with Crippen molar-refractivity contribution in [3.05, 3.63) is 59.3 Å². The van der Waals surface area contributed by atoms with E-state index < -0.39 is 0 Å². The molecule has 0 aromatic carbocycles. The van der Waals surface area contributed by atoms with E-state index in [0.29, 0.717) is 6.61 Å². The number of hydrogen-bond acceptors (Lipinski definition) is 1. The van der Waals surface area contributed by atoms with Gasteiger partial charge in [0.05, 0.1) is 6.61 Å². The van der Waals surface area contributed by atoms with Crippen molar-refractivity contribution >= 4 is 0 Å². The smallest absolute Gasteiger partial charge is 0.0715 e. The van der Waals surface area contributed by atoms with Gasteiger partial charge in [0, 0.05) is 7.11 Å². The Morgan fingerprint density at radius 2 is 2.00 bits per heavy atom. The Hall–Kier alpha value is -1.34. The molecule has 0 N–H and O–H groups in total. The minimum absolute atomic E-state index is 0.692. The monoisotopic (exact) mass is 186 g/mol. The Kier molecular flexibility index (Phi) is 2.80. The normalized spacial score (nSPS) is 19.4. The largest absolute Gasteiger partial charge is 0.380 e. The lowest BCUT2D eigenvalue weighted by atomic mass is 10.0. The second-order valence-corrected chi connectivity index (χ2v) is 3.48. The summed E-state index contributed by atoms with van der Waals surface area (Å²) < 4.78 is 5.18. The van der Waals surface area contributed by atoms with Gasteiger partial charge in [0.15, 0.2) is 0 Å². The molecular formula is C13H14O. The van der Waals surface area contributed by atoms with E-state index in [1.807, 2.05) is 0 Å². The van der Waals surface area contributed by atoms with Crippen molar-refractivity contribution in [3.8, 4) is 0 Å². The van der Waals surface area contributed by atoms with Crippen molar-refractivity contribution in [2.24, 2.45) is 0 Å². The first-order valence-electron chi connectivity index (χ1n) is 4.83. The van der Waals surface area contributed by atoms with Crippen LogP contribution in [0.2, 0.25) is 0 Å². The molecule has 0 aromatic heterocycles. The fourth-order valence-electron chi connectivity index (χ4n) is 1.71. The van der Waals surface area contributed by atoms with Crippen LogP contribution >= 0.6 is 0 Å². The van der Waals surface area contributed by atoms with E-state index in [-0.39, 0.29) is 0 Å². The molecule has 0 aliphatic heterocycles. The molecule has 2 rings (SSSR count). The molecule has 2 aliphatic rings. The molecule has 0 aromatic rings. The van der Waals surface area contributed by atoms with Crippen LogP contribution in [0.4, 0.5) is 0 Å². The zero-order valence-corrected chi connectivity index (χ0v) is 8.36. The van der Waals surface area contributed by atoms with Gasteiger partial charge in [-0.2, -0.15) is 0 Å². The third-order valence-electron chi connectivity index (χ3n) is 2.43. The van der Waals surface area contributed by atoms with Crippen molar-refractivity contribution in [1.29, 1.82) is 0 Å². The molecule has 0 radical (unpaired) electrons. The van der Waals surface area contributed by atoms with E-state index >= 15 is 0 Å². The minimum atomic E-state index is 0.692. The van der Waals surface area contributed by atoms with E-state index in [1.165, 1.54) is 16.7 Å². The summed E-state index contributed by atoms with van der Waals surface area (Å²) in [5.41, 5.74) is 3.99. The van der Waals surface area contributed by atoms with Crippen molar-refractivity contribution in [1.82, 2.24) is 0 Å². The molecule has 2 bridgehead atoms. The van der Waals surface area contributed by atoms with E-state index in [1.54, 1.807) is 7.11 Å². The molecule has 0 saturated heterocycles. The number of fused-ring (bicyclic) bond motifs is 2. The quantitative estimate of drug-likeness (QED) is 0.644. The molecule has 0 atom stereocenters. The SMILES string of the molecule is COCC1=CC=CC2=CC=CC=C1C2. The Balaban J connectivity index is 2.33. The average Bonchev–Trinajstić information content (AvgIpc) is 2.52. The third-order valence-corrected chi connectivity index (χ3v) is 2.43. The van der Waals surface area contributed by atoms with Crippen LogP contribution in [0.5, 0.6) is 0 Å². The molecule has 0 saturated carbocycles. The van der Waals surface area contributed by atoms with Crippen LogP contribution in [0, 0.1) is 0 Å². The first kappa shape index (κ1) is 9.22. The van der Waals surface area contributed by atoms with E-state index in [4.69, 9.17) is 4.74 Å². The van der Waals surface area contributed by atoms with E-state index in [2.05, 4.69) is 42.5 Å². The van der Waals surface area contributed by atoms with Crippen LogP contribution in [0.15, 0.2) is 59.3 Å². The molecule has 72 valence electrons. The van der Waals surface area contributed by atoms with Crippen molar-refractivity contribution < 1.29 is 4.74 Å². The third kappa shape index (κ3) is 1.94. The highest BCUT2D eigenvalue weighted by Crippen LogP contribution is 2.25. The number of rotatable bonds is 2. The Morgan fingerprint density at radius 3 is 2.86 bits per heavy atom. The average molecular weight is 186 g/mol. The molecule has 0 amide bonds. The highest BCUT2D eigenvalue weighted by molar-refractivity contribution is 5.47. The zero-order valence-electron chi connectivity index (χ0n) is 8.36. The number of ether oxygens (including phenoxy) is 1. The van der Waals surface area contributed by atoms with Gasteiger partial charge in [-0.15, -0.1) is 0 Å². The Bertz CT molecular complexity index is 365. The van der Waals surface area contributed by atoms with Gasteiger partial charge in [0.25, 0.3) is 0 Å². The Labute approximate surface area is 84.8 Å². The fraction of sp³-hybridized carbons (Fsp3) is 0.231. The van der Waals surface area contributed by atoms with Gasteiger partial charge in [-0.05, 0) is 23.1 Å². The summed E-state index contributed by atoms with van der Waals surface area (Å²) in [5.74, 6) is 0. The van der Waals surface area contributed by atoms with E-state index in [9.17, 15) is 0 Å². The van der Waals surface area contributed by atoms with Crippen LogP contribution in [0.1, 0.15) is 6.42 Å². The highest BCUT2D eigenvalue weighted by atomic mass is 16.5. The topological polar surface area (TPSA) is 9.23 Å². The summed E-state index contributed by atoms with van der Waals surface area (Å²) in [6.07, 6.45) is 15.9. The minimum Gasteiger partial charge on any atom is -0.380 e. The molecular weight excluding hydrogens is 172 g/mol. The molecule has 0 heterocycles. The van der Waals surface area contributed by atoms with Gasteiger partial charge in [-0.25, -0.2) is 0 Å². The molecule has 2 aliphatic carbocycles. The summed E-state index contributed by atoms with van der Waals surface area (Å²) in [7, 11) is 1.74. The van der Waals surface area contributed by atoms with E-state index in [0.717, 1.165) is 6.42 Å². The molecule has 0 unspecified atom stereocenters. The Morgan fingerprint density at radius 1 is 1.14 bits per heavy atom. The first-order valence-corrected chi connectivity index (χ1v) is 4.83. The first-order chi connectivity index (χ1) is 6.90. The van der Waals surface area contributed by atoms with Gasteiger partial charge in [-0.3, -0.25) is 0 Å². The maximum atomic E-state index is 5.18. The second-order valence-electron chi connectivity index (χ2n) is 3.48. The number of allylic oxidation sites excluding steroid dienone is 8. The fourth-order valence-corrected chi connectivity index (χ4v) is 1.71. The standard InChI is InChI=1S/C13H14O/c1-14-10-13-8-4-6-11-5-2-3-7-12(13)9-11/h2-8H,9-10H2,1H3. The van der Waals surface area contributed by atoms with Crippen LogP contribution in [0.3, 0.4) is 0 Å². The van der Waals surface area contributed by atoms with Crippen LogP contribution in [-0.4, -0.2) is 13.7 Å². The van der Waals surface area contributed by atoms with Gasteiger partial charge in [0.2, 0.25) is 0 Å². The summed E-state index contributed by atoms with van der Waals surface area (Å²) in [4.78, 5) is 0. The van der Waals surface area contributed by atoms with Crippen LogP contribution in [0.25, 0.3) is 0 Å². The number of methoxy groups -OCH3 is 1. The van der Waals surface area contributed by atoms with Crippen LogP contribution in [-0.2, 0) is 4.74 Å². The lowest BCUT2D eigenvalue weighted by Crippen LogP contribution is -1.97. The number of hydrogen-bond donors (Lipinski definition) is 0. The molecule has 0 fully saturated rings. The van der Waals surface area contributed by atoms with Crippen molar-refractivity contribution in [3.63, 3.8) is 0 Å². The molecule has 1 heteroatoms. The van der Waals surface area contributed by atoms with Gasteiger partial charge >= 0.3 is 0 Å². The summed E-state index contributed by atoms with van der Waals surface area (Å²) in [5, 5.41) is 0. The molecule has 0 spiro atoms. The highest BCUT2D eigenvalue weighted by Gasteiger charge is 2.09. The maximum absolute atomic E-state index is 5.18. The van der Waals surface area contributed by atoms with Crippen molar-refractivity contribution in [2.45, 2.75) is 6.42 Å². The maximum Gasteiger partial charge on any atom is 0.0715 e. The predicted octanol–water partition coefficient (Wildman–Crippen LogP) is 2.94.